The van der Waals surface area contributed by atoms with Crippen molar-refractivity contribution in [3.63, 3.8) is 0 Å². The SMILES string of the molecule is CCN(CC(=O)O)C(=O)c1c[nH]c2cc(Br)c(Br)cc12. The molecule has 0 atom stereocenters. The van der Waals surface area contributed by atoms with Crippen LogP contribution in [0.15, 0.2) is 27.3 Å². The maximum atomic E-state index is 12.4. The molecule has 20 heavy (non-hydrogen) atoms. The molecule has 1 aromatic heterocycles. The lowest BCUT2D eigenvalue weighted by atomic mass is 10.1. The molecule has 0 bridgehead atoms. The first-order valence-corrected chi connectivity index (χ1v) is 7.49. The van der Waals surface area contributed by atoms with Gasteiger partial charge < -0.3 is 15.0 Å². The maximum Gasteiger partial charge on any atom is 0.323 e. The molecule has 2 rings (SSSR count). The predicted octanol–water partition coefficient (Wildman–Crippen LogP) is 3.24. The molecule has 0 spiro atoms. The molecule has 5 nitrogen and oxygen atoms in total. The summed E-state index contributed by atoms with van der Waals surface area (Å²) in [7, 11) is 0. The van der Waals surface area contributed by atoms with Crippen LogP contribution in [-0.4, -0.2) is 40.0 Å². The second-order valence-electron chi connectivity index (χ2n) is 4.23. The zero-order chi connectivity index (χ0) is 14.9. The van der Waals surface area contributed by atoms with Crippen molar-refractivity contribution in [2.75, 3.05) is 13.1 Å². The number of benzene rings is 1. The molecule has 7 heteroatoms. The Hall–Kier alpha value is -1.34. The van der Waals surface area contributed by atoms with Crippen LogP contribution < -0.4 is 0 Å². The van der Waals surface area contributed by atoms with Gasteiger partial charge in [-0.3, -0.25) is 9.59 Å². The Kier molecular flexibility index (Phi) is 4.49. The summed E-state index contributed by atoms with van der Waals surface area (Å²) in [6.07, 6.45) is 1.61. The Balaban J connectivity index is 2.44. The molecule has 0 aliphatic carbocycles. The second kappa shape index (κ2) is 5.97. The third-order valence-corrected chi connectivity index (χ3v) is 4.79. The Morgan fingerprint density at radius 1 is 1.30 bits per heavy atom. The number of carboxylic acid groups (broad SMARTS) is 1. The monoisotopic (exact) mass is 402 g/mol. The van der Waals surface area contributed by atoms with Crippen LogP contribution in [0.4, 0.5) is 0 Å². The van der Waals surface area contributed by atoms with Crippen LogP contribution in [0.1, 0.15) is 17.3 Å². The average molecular weight is 404 g/mol. The molecule has 1 heterocycles. The zero-order valence-corrected chi connectivity index (χ0v) is 13.8. The maximum absolute atomic E-state index is 12.4. The molecule has 1 aromatic carbocycles. The van der Waals surface area contributed by atoms with Gasteiger partial charge in [0.15, 0.2) is 0 Å². The second-order valence-corrected chi connectivity index (χ2v) is 5.94. The van der Waals surface area contributed by atoms with Gasteiger partial charge in [0.2, 0.25) is 0 Å². The molecular formula is C13H12Br2N2O3. The molecular weight excluding hydrogens is 392 g/mol. The van der Waals surface area contributed by atoms with E-state index in [0.717, 1.165) is 19.8 Å². The number of hydrogen-bond donors (Lipinski definition) is 2. The highest BCUT2D eigenvalue weighted by Crippen LogP contribution is 2.30. The number of hydrogen-bond acceptors (Lipinski definition) is 2. The first kappa shape index (κ1) is 15.1. The lowest BCUT2D eigenvalue weighted by molar-refractivity contribution is -0.137. The summed E-state index contributed by atoms with van der Waals surface area (Å²) in [4.78, 5) is 27.5. The van der Waals surface area contributed by atoms with Gasteiger partial charge in [-0.25, -0.2) is 0 Å². The number of H-pyrrole nitrogens is 1. The van der Waals surface area contributed by atoms with E-state index in [-0.39, 0.29) is 12.5 Å². The van der Waals surface area contributed by atoms with Gasteiger partial charge in [0.25, 0.3) is 5.91 Å². The fraction of sp³-hybridized carbons (Fsp3) is 0.231. The van der Waals surface area contributed by atoms with Crippen molar-refractivity contribution in [2.45, 2.75) is 6.92 Å². The summed E-state index contributed by atoms with van der Waals surface area (Å²) in [6.45, 7) is 1.79. The summed E-state index contributed by atoms with van der Waals surface area (Å²) in [6, 6.07) is 3.70. The number of carboxylic acids is 1. The van der Waals surface area contributed by atoms with E-state index in [0.29, 0.717) is 12.1 Å². The van der Waals surface area contributed by atoms with Gasteiger partial charge in [0.05, 0.1) is 5.56 Å². The summed E-state index contributed by atoms with van der Waals surface area (Å²) in [5, 5.41) is 9.60. The summed E-state index contributed by atoms with van der Waals surface area (Å²) in [5.74, 6) is -1.32. The van der Waals surface area contributed by atoms with Gasteiger partial charge in [0.1, 0.15) is 6.54 Å². The largest absolute Gasteiger partial charge is 0.480 e. The Bertz CT molecular complexity index is 682. The molecule has 0 saturated heterocycles. The number of likely N-dealkylation sites (N-methyl/N-ethyl adjacent to an activating group) is 1. The van der Waals surface area contributed by atoms with Crippen molar-refractivity contribution in [3.05, 3.63) is 32.8 Å². The van der Waals surface area contributed by atoms with Gasteiger partial charge in [-0.2, -0.15) is 0 Å². The van der Waals surface area contributed by atoms with Crippen molar-refractivity contribution >= 4 is 54.6 Å². The van der Waals surface area contributed by atoms with Gasteiger partial charge in [-0.05, 0) is 50.9 Å². The number of aromatic nitrogens is 1. The molecule has 0 radical (unpaired) electrons. The number of carbonyl (C=O) groups is 2. The van der Waals surface area contributed by atoms with Crippen molar-refractivity contribution < 1.29 is 14.7 Å². The van der Waals surface area contributed by atoms with E-state index in [1.54, 1.807) is 13.1 Å². The van der Waals surface area contributed by atoms with Crippen molar-refractivity contribution in [3.8, 4) is 0 Å². The molecule has 0 fully saturated rings. The minimum Gasteiger partial charge on any atom is -0.480 e. The predicted molar refractivity (Wildman–Crippen MR) is 82.9 cm³/mol. The third-order valence-electron chi connectivity index (χ3n) is 2.95. The first-order valence-electron chi connectivity index (χ1n) is 5.91. The van der Waals surface area contributed by atoms with E-state index in [9.17, 15) is 9.59 Å². The summed E-state index contributed by atoms with van der Waals surface area (Å²) in [5.41, 5.74) is 1.28. The number of fused-ring (bicyclic) bond motifs is 1. The van der Waals surface area contributed by atoms with E-state index in [1.165, 1.54) is 4.90 Å². The van der Waals surface area contributed by atoms with Gasteiger partial charge in [-0.1, -0.05) is 0 Å². The highest BCUT2D eigenvalue weighted by atomic mass is 79.9. The van der Waals surface area contributed by atoms with Crippen LogP contribution in [0, 0.1) is 0 Å². The van der Waals surface area contributed by atoms with Crippen molar-refractivity contribution in [2.24, 2.45) is 0 Å². The smallest absolute Gasteiger partial charge is 0.323 e. The highest BCUT2D eigenvalue weighted by molar-refractivity contribution is 9.13. The van der Waals surface area contributed by atoms with Crippen molar-refractivity contribution in [1.29, 1.82) is 0 Å². The molecule has 0 saturated carbocycles. The standard InChI is InChI=1S/C13H12Br2N2O3/c1-2-17(6-12(18)19)13(20)8-5-16-11-4-10(15)9(14)3-7(8)11/h3-5,16H,2,6H2,1H3,(H,18,19). The minimum absolute atomic E-state index is 0.296. The van der Waals surface area contributed by atoms with Crippen LogP contribution >= 0.6 is 31.9 Å². The van der Waals surface area contributed by atoms with Crippen LogP contribution in [0.3, 0.4) is 0 Å². The van der Waals surface area contributed by atoms with Gasteiger partial charge in [-0.15, -0.1) is 0 Å². The number of rotatable bonds is 4. The lowest BCUT2D eigenvalue weighted by Crippen LogP contribution is -2.35. The Labute approximate surface area is 132 Å². The zero-order valence-electron chi connectivity index (χ0n) is 10.6. The normalized spacial score (nSPS) is 10.8. The topological polar surface area (TPSA) is 73.4 Å². The fourth-order valence-electron chi connectivity index (χ4n) is 1.95. The molecule has 0 aliphatic heterocycles. The molecule has 0 aliphatic rings. The number of nitrogens with zero attached hydrogens (tertiary/aromatic N) is 1. The molecule has 2 N–H and O–H groups in total. The average Bonchev–Trinajstić information content (AvgIpc) is 2.78. The van der Waals surface area contributed by atoms with Crippen LogP contribution in [0.5, 0.6) is 0 Å². The third kappa shape index (κ3) is 2.88. The number of amides is 1. The van der Waals surface area contributed by atoms with Crippen molar-refractivity contribution in [1.82, 2.24) is 9.88 Å². The number of halogens is 2. The molecule has 1 amide bonds. The number of carbonyl (C=O) groups excluding carboxylic acids is 1. The lowest BCUT2D eigenvalue weighted by Gasteiger charge is -2.18. The van der Waals surface area contributed by atoms with E-state index in [1.807, 2.05) is 12.1 Å². The van der Waals surface area contributed by atoms with Crippen LogP contribution in [0.2, 0.25) is 0 Å². The summed E-state index contributed by atoms with van der Waals surface area (Å²) < 4.78 is 1.71. The fourth-order valence-corrected chi connectivity index (χ4v) is 2.64. The van der Waals surface area contributed by atoms with E-state index in [4.69, 9.17) is 5.11 Å². The molecule has 0 unspecified atom stereocenters. The van der Waals surface area contributed by atoms with Gasteiger partial charge >= 0.3 is 5.97 Å². The number of nitrogens with one attached hydrogen (secondary N) is 1. The van der Waals surface area contributed by atoms with E-state index >= 15 is 0 Å². The minimum atomic E-state index is -1.02. The molecule has 106 valence electrons. The van der Waals surface area contributed by atoms with Gasteiger partial charge in [0, 0.05) is 32.6 Å². The Morgan fingerprint density at radius 2 is 1.95 bits per heavy atom. The summed E-state index contributed by atoms with van der Waals surface area (Å²) >= 11 is 6.80. The van der Waals surface area contributed by atoms with Crippen LogP contribution in [-0.2, 0) is 4.79 Å². The number of aromatic amines is 1. The van der Waals surface area contributed by atoms with E-state index < -0.39 is 5.97 Å². The molecule has 2 aromatic rings. The number of aliphatic carboxylic acids is 1. The highest BCUT2D eigenvalue weighted by Gasteiger charge is 2.20. The first-order chi connectivity index (χ1) is 9.43. The van der Waals surface area contributed by atoms with Crippen LogP contribution in [0.25, 0.3) is 10.9 Å². The Morgan fingerprint density at radius 3 is 2.55 bits per heavy atom. The van der Waals surface area contributed by atoms with E-state index in [2.05, 4.69) is 36.8 Å². The quantitative estimate of drug-likeness (QED) is 0.822.